The summed E-state index contributed by atoms with van der Waals surface area (Å²) in [7, 11) is 0. The van der Waals surface area contributed by atoms with E-state index in [9.17, 15) is 0 Å². The van der Waals surface area contributed by atoms with Crippen molar-refractivity contribution in [1.82, 2.24) is 0 Å². The van der Waals surface area contributed by atoms with E-state index < -0.39 is 0 Å². The zero-order chi connectivity index (χ0) is 10.5. The SMILES string of the molecule is BrCc1ccccc1OCC1CCCO1. The van der Waals surface area contributed by atoms with Crippen molar-refractivity contribution in [2.45, 2.75) is 24.3 Å². The van der Waals surface area contributed by atoms with Gasteiger partial charge >= 0.3 is 0 Å². The molecule has 0 bridgehead atoms. The number of para-hydroxylation sites is 1. The van der Waals surface area contributed by atoms with Crippen molar-refractivity contribution in [3.63, 3.8) is 0 Å². The standard InChI is InChI=1S/C12H15BrO2/c13-8-10-4-1-2-6-12(10)15-9-11-5-3-7-14-11/h1-2,4,6,11H,3,5,7-9H2. The lowest BCUT2D eigenvalue weighted by molar-refractivity contribution is 0.0677. The molecule has 1 fully saturated rings. The van der Waals surface area contributed by atoms with Gasteiger partial charge in [0.1, 0.15) is 12.4 Å². The Labute approximate surface area is 98.7 Å². The molecular weight excluding hydrogens is 256 g/mol. The maximum absolute atomic E-state index is 5.76. The molecule has 82 valence electrons. The molecule has 1 unspecified atom stereocenters. The van der Waals surface area contributed by atoms with Crippen molar-refractivity contribution in [3.8, 4) is 5.75 Å². The van der Waals surface area contributed by atoms with Crippen LogP contribution in [-0.4, -0.2) is 19.3 Å². The van der Waals surface area contributed by atoms with Crippen LogP contribution in [-0.2, 0) is 10.1 Å². The molecule has 0 N–H and O–H groups in total. The summed E-state index contributed by atoms with van der Waals surface area (Å²) >= 11 is 3.45. The first-order chi connectivity index (χ1) is 7.40. The third-order valence-electron chi connectivity index (χ3n) is 2.57. The normalized spacial score (nSPS) is 20.5. The monoisotopic (exact) mass is 270 g/mol. The van der Waals surface area contributed by atoms with Gasteiger partial charge in [-0.1, -0.05) is 34.1 Å². The summed E-state index contributed by atoms with van der Waals surface area (Å²) in [5, 5.41) is 0.828. The molecule has 1 aliphatic heterocycles. The van der Waals surface area contributed by atoms with Gasteiger partial charge in [0.15, 0.2) is 0 Å². The van der Waals surface area contributed by atoms with Gasteiger partial charge in [-0.05, 0) is 18.9 Å². The van der Waals surface area contributed by atoms with Crippen molar-refractivity contribution in [3.05, 3.63) is 29.8 Å². The van der Waals surface area contributed by atoms with Crippen LogP contribution in [0.15, 0.2) is 24.3 Å². The van der Waals surface area contributed by atoms with Crippen molar-refractivity contribution in [1.29, 1.82) is 0 Å². The Balaban J connectivity index is 1.91. The summed E-state index contributed by atoms with van der Waals surface area (Å²) in [6, 6.07) is 8.09. The fourth-order valence-corrected chi connectivity index (χ4v) is 2.18. The Morgan fingerprint density at radius 1 is 1.40 bits per heavy atom. The second kappa shape index (κ2) is 5.52. The lowest BCUT2D eigenvalue weighted by atomic mass is 10.2. The lowest BCUT2D eigenvalue weighted by Crippen LogP contribution is -2.16. The van der Waals surface area contributed by atoms with Gasteiger partial charge in [0.25, 0.3) is 0 Å². The van der Waals surface area contributed by atoms with Gasteiger partial charge < -0.3 is 9.47 Å². The lowest BCUT2D eigenvalue weighted by Gasteiger charge is -2.13. The molecule has 0 aliphatic carbocycles. The average Bonchev–Trinajstić information content (AvgIpc) is 2.79. The third-order valence-corrected chi connectivity index (χ3v) is 3.17. The zero-order valence-corrected chi connectivity index (χ0v) is 10.2. The van der Waals surface area contributed by atoms with Gasteiger partial charge in [-0.2, -0.15) is 0 Å². The fourth-order valence-electron chi connectivity index (χ4n) is 1.71. The number of alkyl halides is 1. The van der Waals surface area contributed by atoms with Crippen LogP contribution in [0.25, 0.3) is 0 Å². The Hall–Kier alpha value is -0.540. The number of hydrogen-bond acceptors (Lipinski definition) is 2. The Morgan fingerprint density at radius 2 is 2.27 bits per heavy atom. The minimum atomic E-state index is 0.286. The third kappa shape index (κ3) is 2.95. The van der Waals surface area contributed by atoms with Crippen molar-refractivity contribution < 1.29 is 9.47 Å². The molecule has 1 saturated heterocycles. The fraction of sp³-hybridized carbons (Fsp3) is 0.500. The molecule has 1 aromatic rings. The molecule has 2 nitrogen and oxygen atoms in total. The van der Waals surface area contributed by atoms with Gasteiger partial charge in [0.05, 0.1) is 6.10 Å². The van der Waals surface area contributed by atoms with E-state index in [-0.39, 0.29) is 6.10 Å². The molecule has 0 radical (unpaired) electrons. The molecule has 1 aliphatic rings. The molecule has 1 aromatic carbocycles. The first-order valence-corrected chi connectivity index (χ1v) is 6.40. The maximum atomic E-state index is 5.76. The number of hydrogen-bond donors (Lipinski definition) is 0. The Kier molecular flexibility index (Phi) is 4.03. The largest absolute Gasteiger partial charge is 0.491 e. The number of ether oxygens (including phenoxy) is 2. The van der Waals surface area contributed by atoms with Crippen molar-refractivity contribution in [2.75, 3.05) is 13.2 Å². The van der Waals surface area contributed by atoms with Crippen molar-refractivity contribution in [2.24, 2.45) is 0 Å². The van der Waals surface area contributed by atoms with Crippen LogP contribution in [0.3, 0.4) is 0 Å². The van der Waals surface area contributed by atoms with Crippen LogP contribution in [0.4, 0.5) is 0 Å². The van der Waals surface area contributed by atoms with Gasteiger partial charge in [0, 0.05) is 17.5 Å². The average molecular weight is 271 g/mol. The van der Waals surface area contributed by atoms with E-state index in [1.807, 2.05) is 18.2 Å². The summed E-state index contributed by atoms with van der Waals surface area (Å²) in [4.78, 5) is 0. The highest BCUT2D eigenvalue weighted by atomic mass is 79.9. The van der Waals surface area contributed by atoms with Crippen LogP contribution in [0, 0.1) is 0 Å². The molecule has 1 heterocycles. The molecule has 0 spiro atoms. The number of halogens is 1. The van der Waals surface area contributed by atoms with Gasteiger partial charge in [0.2, 0.25) is 0 Å². The molecule has 1 atom stereocenters. The van der Waals surface area contributed by atoms with Gasteiger partial charge in [-0.3, -0.25) is 0 Å². The predicted octanol–water partition coefficient (Wildman–Crippen LogP) is 3.14. The zero-order valence-electron chi connectivity index (χ0n) is 8.62. The highest BCUT2D eigenvalue weighted by Gasteiger charge is 2.16. The number of rotatable bonds is 4. The predicted molar refractivity (Wildman–Crippen MR) is 63.5 cm³/mol. The Morgan fingerprint density at radius 3 is 3.00 bits per heavy atom. The summed E-state index contributed by atoms with van der Waals surface area (Å²) in [5.74, 6) is 0.963. The molecule has 15 heavy (non-hydrogen) atoms. The van der Waals surface area contributed by atoms with Crippen molar-refractivity contribution >= 4 is 15.9 Å². The quantitative estimate of drug-likeness (QED) is 0.783. The molecule has 0 aromatic heterocycles. The second-order valence-electron chi connectivity index (χ2n) is 3.69. The second-order valence-corrected chi connectivity index (χ2v) is 4.25. The van der Waals surface area contributed by atoms with E-state index in [1.54, 1.807) is 0 Å². The van der Waals surface area contributed by atoms with E-state index in [0.717, 1.165) is 30.5 Å². The summed E-state index contributed by atoms with van der Waals surface area (Å²) in [5.41, 5.74) is 1.19. The molecule has 0 amide bonds. The molecule has 2 rings (SSSR count). The topological polar surface area (TPSA) is 18.5 Å². The maximum Gasteiger partial charge on any atom is 0.123 e. The van der Waals surface area contributed by atoms with Gasteiger partial charge in [-0.25, -0.2) is 0 Å². The first kappa shape index (κ1) is 11.0. The van der Waals surface area contributed by atoms with Crippen LogP contribution >= 0.6 is 15.9 Å². The van der Waals surface area contributed by atoms with Crippen LogP contribution in [0.1, 0.15) is 18.4 Å². The van der Waals surface area contributed by atoms with E-state index >= 15 is 0 Å². The van der Waals surface area contributed by atoms with E-state index in [0.29, 0.717) is 6.61 Å². The number of benzene rings is 1. The molecular formula is C12H15BrO2. The highest BCUT2D eigenvalue weighted by molar-refractivity contribution is 9.08. The van der Waals surface area contributed by atoms with Crippen LogP contribution in [0.5, 0.6) is 5.75 Å². The summed E-state index contributed by atoms with van der Waals surface area (Å²) in [6.07, 6.45) is 2.57. The first-order valence-electron chi connectivity index (χ1n) is 5.28. The Bertz CT molecular complexity index is 308. The van der Waals surface area contributed by atoms with E-state index in [1.165, 1.54) is 5.56 Å². The van der Waals surface area contributed by atoms with Crippen LogP contribution in [0.2, 0.25) is 0 Å². The highest BCUT2D eigenvalue weighted by Crippen LogP contribution is 2.22. The summed E-state index contributed by atoms with van der Waals surface area (Å²) in [6.45, 7) is 1.55. The molecule has 0 saturated carbocycles. The summed E-state index contributed by atoms with van der Waals surface area (Å²) < 4.78 is 11.3. The van der Waals surface area contributed by atoms with E-state index in [2.05, 4.69) is 22.0 Å². The minimum Gasteiger partial charge on any atom is -0.491 e. The van der Waals surface area contributed by atoms with Gasteiger partial charge in [-0.15, -0.1) is 0 Å². The molecule has 3 heteroatoms. The minimum absolute atomic E-state index is 0.286. The van der Waals surface area contributed by atoms with E-state index in [4.69, 9.17) is 9.47 Å². The smallest absolute Gasteiger partial charge is 0.123 e. The van der Waals surface area contributed by atoms with Crippen LogP contribution < -0.4 is 4.74 Å².